The van der Waals surface area contributed by atoms with E-state index in [1.165, 1.54) is 10.8 Å². The average molecular weight is 563 g/mol. The van der Waals surface area contributed by atoms with Crippen molar-refractivity contribution in [3.05, 3.63) is 62.8 Å². The Kier molecular flexibility index (Phi) is 7.23. The number of nitrogens with one attached hydrogen (secondary N) is 1. The summed E-state index contributed by atoms with van der Waals surface area (Å²) in [5.41, 5.74) is -1.89. The van der Waals surface area contributed by atoms with Gasteiger partial charge in [0.15, 0.2) is 11.4 Å². The second kappa shape index (κ2) is 10.5. The number of nitrogens with zero attached hydrogens (tertiary/aromatic N) is 3. The summed E-state index contributed by atoms with van der Waals surface area (Å²) in [4.78, 5) is 48.0. The number of aromatic nitrogens is 1. The van der Waals surface area contributed by atoms with Crippen molar-refractivity contribution in [1.29, 1.82) is 0 Å². The molecule has 3 atom stereocenters. The number of benzene rings is 1. The largest absolute Gasteiger partial charge is 0.487 e. The van der Waals surface area contributed by atoms with Crippen LogP contribution >= 0.6 is 0 Å². The van der Waals surface area contributed by atoms with Crippen molar-refractivity contribution in [2.24, 2.45) is 5.16 Å². The molecule has 3 aliphatic rings. The highest BCUT2D eigenvalue weighted by Gasteiger charge is 2.56. The molecule has 13 heteroatoms. The third-order valence-corrected chi connectivity index (χ3v) is 7.48. The van der Waals surface area contributed by atoms with E-state index in [9.17, 15) is 27.6 Å². The second-order valence-corrected chi connectivity index (χ2v) is 10.2. The lowest BCUT2D eigenvalue weighted by Gasteiger charge is -2.41. The van der Waals surface area contributed by atoms with Crippen LogP contribution in [0.4, 0.5) is 13.2 Å². The molecule has 3 aliphatic heterocycles. The number of fused-ring (bicyclic) bond motifs is 5. The molecule has 10 nitrogen and oxygen atoms in total. The summed E-state index contributed by atoms with van der Waals surface area (Å²) < 4.78 is 55.0. The van der Waals surface area contributed by atoms with Gasteiger partial charge < -0.3 is 29.1 Å². The molecule has 1 aromatic heterocycles. The van der Waals surface area contributed by atoms with Crippen LogP contribution in [-0.4, -0.2) is 52.2 Å². The maximum Gasteiger partial charge on any atom is 0.299 e. The summed E-state index contributed by atoms with van der Waals surface area (Å²) >= 11 is 0. The predicted molar refractivity (Wildman–Crippen MR) is 135 cm³/mol. The summed E-state index contributed by atoms with van der Waals surface area (Å²) in [7, 11) is 0. The van der Waals surface area contributed by atoms with Crippen LogP contribution in [0.2, 0.25) is 0 Å². The summed E-state index contributed by atoms with van der Waals surface area (Å²) in [6.07, 6.45) is 3.44. The van der Waals surface area contributed by atoms with Crippen molar-refractivity contribution >= 4 is 17.7 Å². The fraction of sp³-hybridized carbons (Fsp3) is 0.481. The minimum atomic E-state index is -1.30. The Labute approximate surface area is 227 Å². The van der Waals surface area contributed by atoms with Gasteiger partial charge in [0.25, 0.3) is 17.6 Å². The molecule has 214 valence electrons. The number of halogens is 3. The van der Waals surface area contributed by atoms with Crippen LogP contribution in [0.1, 0.15) is 78.9 Å². The SMILES string of the molecule is CCCCOc1c2n(cc(C(=O)NCc3c(F)cc(F)cc3F)c1=O)[C@@H]1CN(C2=O)[C@@H](C)CC[C@@]12ON=C(C)O2. The predicted octanol–water partition coefficient (Wildman–Crippen LogP) is 3.63. The number of hydrogen-bond donors (Lipinski definition) is 1. The fourth-order valence-electron chi connectivity index (χ4n) is 5.29. The zero-order valence-corrected chi connectivity index (χ0v) is 22.3. The van der Waals surface area contributed by atoms with Crippen LogP contribution in [0.3, 0.4) is 0 Å². The molecule has 4 heterocycles. The van der Waals surface area contributed by atoms with E-state index >= 15 is 0 Å². The maximum absolute atomic E-state index is 14.2. The van der Waals surface area contributed by atoms with Gasteiger partial charge in [0, 0.05) is 56.4 Å². The van der Waals surface area contributed by atoms with Crippen LogP contribution < -0.4 is 15.5 Å². The molecule has 0 unspecified atom stereocenters. The monoisotopic (exact) mass is 562 g/mol. The van der Waals surface area contributed by atoms with Crippen LogP contribution in [0.5, 0.6) is 5.75 Å². The molecular formula is C27H29F3N4O6. The number of pyridine rings is 1. The van der Waals surface area contributed by atoms with Crippen molar-refractivity contribution in [2.45, 2.75) is 70.9 Å². The molecule has 1 aromatic carbocycles. The summed E-state index contributed by atoms with van der Waals surface area (Å²) in [5, 5.41) is 6.29. The standard InChI is InChI=1S/C27H29F3N4O6/c1-4-5-8-38-24-22-26(37)33-13-21(27(7-6-14(33)2)39-15(3)32-40-27)34(22)12-18(23(24)35)25(36)31-11-17-19(29)9-16(28)10-20(17)30/h9-10,12,14,21H,4-8,11,13H2,1-3H3,(H,31,36)/t14-,21+,27+/m0/s1. The number of hydrogen-bond acceptors (Lipinski definition) is 7. The molecule has 1 spiro atoms. The smallest absolute Gasteiger partial charge is 0.299 e. The van der Waals surface area contributed by atoms with E-state index in [-0.39, 0.29) is 30.6 Å². The highest BCUT2D eigenvalue weighted by molar-refractivity contribution is 5.99. The first-order chi connectivity index (χ1) is 19.1. The van der Waals surface area contributed by atoms with Crippen molar-refractivity contribution in [2.75, 3.05) is 13.2 Å². The Bertz CT molecular complexity index is 1440. The summed E-state index contributed by atoms with van der Waals surface area (Å²) in [6, 6.07) is 0.0680. The van der Waals surface area contributed by atoms with Crippen molar-refractivity contribution in [3.8, 4) is 5.75 Å². The van der Waals surface area contributed by atoms with E-state index in [0.29, 0.717) is 37.3 Å². The quantitative estimate of drug-likeness (QED) is 0.516. The number of amides is 2. The fourth-order valence-corrected chi connectivity index (χ4v) is 5.29. The van der Waals surface area contributed by atoms with Crippen molar-refractivity contribution < 1.29 is 37.1 Å². The topological polar surface area (TPSA) is 111 Å². The first kappa shape index (κ1) is 27.5. The molecule has 40 heavy (non-hydrogen) atoms. The van der Waals surface area contributed by atoms with Gasteiger partial charge in [-0.25, -0.2) is 13.2 Å². The molecule has 0 saturated carbocycles. The molecule has 0 radical (unpaired) electrons. The van der Waals surface area contributed by atoms with Gasteiger partial charge in [-0.2, -0.15) is 0 Å². The van der Waals surface area contributed by atoms with Gasteiger partial charge in [-0.05, 0) is 24.9 Å². The molecule has 1 N–H and O–H groups in total. The lowest BCUT2D eigenvalue weighted by Crippen LogP contribution is -2.53. The highest BCUT2D eigenvalue weighted by Crippen LogP contribution is 2.45. The molecule has 2 amide bonds. The molecule has 1 saturated heterocycles. The molecule has 2 bridgehead atoms. The molecule has 2 aromatic rings. The lowest BCUT2D eigenvalue weighted by atomic mass is 9.99. The van der Waals surface area contributed by atoms with Gasteiger partial charge in [0.2, 0.25) is 11.3 Å². The van der Waals surface area contributed by atoms with Crippen molar-refractivity contribution in [3.63, 3.8) is 0 Å². The van der Waals surface area contributed by atoms with Gasteiger partial charge >= 0.3 is 0 Å². The third-order valence-electron chi connectivity index (χ3n) is 7.48. The van der Waals surface area contributed by atoms with Crippen LogP contribution in [0.25, 0.3) is 0 Å². The van der Waals surface area contributed by atoms with E-state index in [1.807, 2.05) is 13.8 Å². The number of carbonyl (C=O) groups excluding carboxylic acids is 2. The Morgan fingerprint density at radius 3 is 2.62 bits per heavy atom. The minimum Gasteiger partial charge on any atom is -0.487 e. The second-order valence-electron chi connectivity index (χ2n) is 10.2. The van der Waals surface area contributed by atoms with Gasteiger partial charge in [-0.15, -0.1) is 0 Å². The molecule has 0 aliphatic carbocycles. The van der Waals surface area contributed by atoms with E-state index in [4.69, 9.17) is 14.3 Å². The number of oxime groups is 1. The molecule has 1 fully saturated rings. The lowest BCUT2D eigenvalue weighted by molar-refractivity contribution is -0.194. The normalized spacial score (nSPS) is 23.2. The summed E-state index contributed by atoms with van der Waals surface area (Å²) in [5.74, 6) is -6.19. The zero-order valence-electron chi connectivity index (χ0n) is 22.3. The zero-order chi connectivity index (χ0) is 28.8. The van der Waals surface area contributed by atoms with Gasteiger partial charge in [-0.1, -0.05) is 13.3 Å². The highest BCUT2D eigenvalue weighted by atomic mass is 19.1. The van der Waals surface area contributed by atoms with E-state index in [1.54, 1.807) is 11.8 Å². The van der Waals surface area contributed by atoms with Gasteiger partial charge in [0.1, 0.15) is 29.1 Å². The molecular weight excluding hydrogens is 533 g/mol. The van der Waals surface area contributed by atoms with E-state index < -0.39 is 64.2 Å². The number of unbranched alkanes of at least 4 members (excludes halogenated alkanes) is 1. The van der Waals surface area contributed by atoms with Crippen molar-refractivity contribution in [1.82, 2.24) is 14.8 Å². The van der Waals surface area contributed by atoms with Crippen LogP contribution in [-0.2, 0) is 16.1 Å². The van der Waals surface area contributed by atoms with Gasteiger partial charge in [0.05, 0.1) is 6.61 Å². The number of ether oxygens (including phenoxy) is 2. The van der Waals surface area contributed by atoms with Crippen LogP contribution in [0, 0.1) is 17.5 Å². The Hall–Kier alpha value is -4.03. The minimum absolute atomic E-state index is 0.0468. The Morgan fingerprint density at radius 1 is 1.25 bits per heavy atom. The van der Waals surface area contributed by atoms with E-state index in [2.05, 4.69) is 10.5 Å². The van der Waals surface area contributed by atoms with Crippen LogP contribution in [0.15, 0.2) is 28.3 Å². The Morgan fingerprint density at radius 2 is 1.98 bits per heavy atom. The first-order valence-corrected chi connectivity index (χ1v) is 13.1. The Balaban J connectivity index is 1.60. The summed E-state index contributed by atoms with van der Waals surface area (Å²) in [6.45, 7) is 5.06. The maximum atomic E-state index is 14.2. The number of rotatable bonds is 7. The van der Waals surface area contributed by atoms with E-state index in [0.717, 1.165) is 6.42 Å². The average Bonchev–Trinajstić information content (AvgIpc) is 3.23. The first-order valence-electron chi connectivity index (χ1n) is 13.1. The molecule has 5 rings (SSSR count). The third kappa shape index (κ3) is 4.66. The van der Waals surface area contributed by atoms with Gasteiger partial charge in [-0.3, -0.25) is 14.4 Å². The number of carbonyl (C=O) groups is 2.